The van der Waals surface area contributed by atoms with E-state index >= 15 is 0 Å². The summed E-state index contributed by atoms with van der Waals surface area (Å²) in [6, 6.07) is 31.8. The number of amides is 1. The van der Waals surface area contributed by atoms with E-state index in [0.717, 1.165) is 18.8 Å². The normalized spacial score (nSPS) is 11.4. The number of halogens is 1. The van der Waals surface area contributed by atoms with Gasteiger partial charge in [-0.05, 0) is 49.2 Å². The SMILES string of the molecule is CS(=O)(=O)NC(=O)CCCC[P+](c1ccccc1)(c1ccccc1)c1ccccc1.[Br-]. The molecule has 3 aromatic carbocycles. The zero-order valence-electron chi connectivity index (χ0n) is 17.4. The van der Waals surface area contributed by atoms with Crippen molar-refractivity contribution in [2.24, 2.45) is 0 Å². The van der Waals surface area contributed by atoms with Crippen LogP contribution < -0.4 is 37.6 Å². The Kier molecular flexibility index (Phi) is 9.42. The minimum Gasteiger partial charge on any atom is -1.00 e. The molecule has 0 unspecified atom stereocenters. The Morgan fingerprint density at radius 1 is 0.742 bits per heavy atom. The van der Waals surface area contributed by atoms with E-state index in [1.54, 1.807) is 0 Å². The number of nitrogens with one attached hydrogen (secondary N) is 1. The predicted octanol–water partition coefficient (Wildman–Crippen LogP) is 0.231. The van der Waals surface area contributed by atoms with E-state index in [9.17, 15) is 13.2 Å². The Hall–Kier alpha value is -2.01. The van der Waals surface area contributed by atoms with Crippen molar-refractivity contribution < 1.29 is 30.2 Å². The maximum absolute atomic E-state index is 11.9. The molecule has 3 rings (SSSR count). The van der Waals surface area contributed by atoms with E-state index in [0.29, 0.717) is 6.42 Å². The molecule has 4 nitrogen and oxygen atoms in total. The highest BCUT2D eigenvalue weighted by molar-refractivity contribution is 7.95. The molecule has 3 aromatic rings. The molecule has 31 heavy (non-hydrogen) atoms. The summed E-state index contributed by atoms with van der Waals surface area (Å²) in [5.74, 6) is -0.444. The number of benzene rings is 3. The van der Waals surface area contributed by atoms with Crippen molar-refractivity contribution in [3.8, 4) is 0 Å². The molecule has 0 bridgehead atoms. The van der Waals surface area contributed by atoms with Crippen molar-refractivity contribution in [1.29, 1.82) is 0 Å². The minimum atomic E-state index is -3.51. The van der Waals surface area contributed by atoms with Gasteiger partial charge in [-0.15, -0.1) is 0 Å². The maximum atomic E-state index is 11.9. The lowest BCUT2D eigenvalue weighted by Gasteiger charge is -2.27. The van der Waals surface area contributed by atoms with Gasteiger partial charge in [-0.1, -0.05) is 54.6 Å². The van der Waals surface area contributed by atoms with Crippen molar-refractivity contribution >= 4 is 39.1 Å². The predicted molar refractivity (Wildman–Crippen MR) is 127 cm³/mol. The molecule has 0 saturated carbocycles. The number of unbranched alkanes of at least 4 members (excludes halogenated alkanes) is 1. The number of hydrogen-bond acceptors (Lipinski definition) is 3. The summed E-state index contributed by atoms with van der Waals surface area (Å²) in [6.07, 6.45) is 3.57. The van der Waals surface area contributed by atoms with Crippen LogP contribution >= 0.6 is 7.26 Å². The zero-order valence-corrected chi connectivity index (χ0v) is 20.7. The second-order valence-corrected chi connectivity index (χ2v) is 12.7. The topological polar surface area (TPSA) is 63.2 Å². The maximum Gasteiger partial charge on any atom is 0.233 e. The lowest BCUT2D eigenvalue weighted by atomic mass is 10.2. The molecule has 1 N–H and O–H groups in total. The van der Waals surface area contributed by atoms with Crippen molar-refractivity contribution in [1.82, 2.24) is 4.72 Å². The Bertz CT molecular complexity index is 965. The van der Waals surface area contributed by atoms with Crippen LogP contribution in [0.1, 0.15) is 19.3 Å². The highest BCUT2D eigenvalue weighted by atomic mass is 79.9. The molecule has 0 aliphatic heterocycles. The zero-order chi connectivity index (χ0) is 21.5. The van der Waals surface area contributed by atoms with Crippen LogP contribution in [-0.4, -0.2) is 26.7 Å². The molecular formula is C24H27BrNO3PS. The van der Waals surface area contributed by atoms with E-state index in [1.165, 1.54) is 15.9 Å². The van der Waals surface area contributed by atoms with Crippen LogP contribution in [-0.2, 0) is 14.8 Å². The van der Waals surface area contributed by atoms with Crippen molar-refractivity contribution in [2.45, 2.75) is 19.3 Å². The van der Waals surface area contributed by atoms with Crippen LogP contribution in [0.15, 0.2) is 91.0 Å². The Morgan fingerprint density at radius 2 is 1.13 bits per heavy atom. The number of hydrogen-bond donors (Lipinski definition) is 1. The van der Waals surface area contributed by atoms with Crippen molar-refractivity contribution in [3.05, 3.63) is 91.0 Å². The van der Waals surface area contributed by atoms with Gasteiger partial charge in [0.2, 0.25) is 15.9 Å². The molecule has 164 valence electrons. The second-order valence-electron chi connectivity index (χ2n) is 7.29. The summed E-state index contributed by atoms with van der Waals surface area (Å²) in [7, 11) is -5.41. The van der Waals surface area contributed by atoms with Crippen LogP contribution in [0.3, 0.4) is 0 Å². The quantitative estimate of drug-likeness (QED) is 0.325. The third kappa shape index (κ3) is 6.73. The van der Waals surface area contributed by atoms with Gasteiger partial charge in [0.1, 0.15) is 23.2 Å². The first-order valence-electron chi connectivity index (χ1n) is 9.97. The summed E-state index contributed by atoms with van der Waals surface area (Å²) in [5, 5.41) is 3.92. The highest BCUT2D eigenvalue weighted by Crippen LogP contribution is 2.55. The Balaban J connectivity index is 0.00000341. The van der Waals surface area contributed by atoms with Gasteiger partial charge in [0.25, 0.3) is 0 Å². The van der Waals surface area contributed by atoms with Gasteiger partial charge >= 0.3 is 0 Å². The second kappa shape index (κ2) is 11.6. The fraction of sp³-hybridized carbons (Fsp3) is 0.208. The Morgan fingerprint density at radius 3 is 1.48 bits per heavy atom. The van der Waals surface area contributed by atoms with Crippen LogP contribution in [0.25, 0.3) is 0 Å². The first-order chi connectivity index (χ1) is 14.4. The van der Waals surface area contributed by atoms with Crippen LogP contribution in [0.5, 0.6) is 0 Å². The Labute approximate surface area is 196 Å². The highest BCUT2D eigenvalue weighted by Gasteiger charge is 2.44. The van der Waals surface area contributed by atoms with Crippen molar-refractivity contribution in [3.63, 3.8) is 0 Å². The third-order valence-electron chi connectivity index (χ3n) is 5.04. The lowest BCUT2D eigenvalue weighted by Crippen LogP contribution is -3.00. The molecule has 1 amide bonds. The van der Waals surface area contributed by atoms with Crippen LogP contribution in [0.4, 0.5) is 0 Å². The van der Waals surface area contributed by atoms with Gasteiger partial charge in [-0.25, -0.2) is 8.42 Å². The summed E-state index contributed by atoms with van der Waals surface area (Å²) in [5.41, 5.74) is 0. The monoisotopic (exact) mass is 519 g/mol. The molecular weight excluding hydrogens is 493 g/mol. The van der Waals surface area contributed by atoms with E-state index < -0.39 is 23.2 Å². The van der Waals surface area contributed by atoms with Gasteiger partial charge < -0.3 is 17.0 Å². The standard InChI is InChI=1S/C24H26NO3PS.BrH/c1-30(27,28)25-24(26)19-11-12-20-29(21-13-5-2-6-14-21,22-15-7-3-8-16-22)23-17-9-4-10-18-23;/h2-10,13-18H,11-12,19-20H2,1H3;1H. The van der Waals surface area contributed by atoms with Gasteiger partial charge in [0.15, 0.2) is 0 Å². The summed E-state index contributed by atoms with van der Waals surface area (Å²) in [4.78, 5) is 11.9. The molecule has 7 heteroatoms. The first-order valence-corrected chi connectivity index (χ1v) is 13.8. The number of carbonyl (C=O) groups is 1. The number of rotatable bonds is 9. The molecule has 0 aliphatic carbocycles. The molecule has 0 heterocycles. The molecule has 0 saturated heterocycles. The largest absolute Gasteiger partial charge is 1.00 e. The van der Waals surface area contributed by atoms with E-state index in [1.807, 2.05) is 18.2 Å². The summed E-state index contributed by atoms with van der Waals surface area (Å²) in [6.45, 7) is 0. The molecule has 0 aromatic heterocycles. The van der Waals surface area contributed by atoms with Gasteiger partial charge in [0, 0.05) is 6.42 Å². The van der Waals surface area contributed by atoms with Crippen LogP contribution in [0, 0.1) is 0 Å². The van der Waals surface area contributed by atoms with E-state index in [-0.39, 0.29) is 23.4 Å². The molecule has 0 aliphatic rings. The minimum absolute atomic E-state index is 0. The average Bonchev–Trinajstić information content (AvgIpc) is 2.75. The smallest absolute Gasteiger partial charge is 0.233 e. The number of carbonyl (C=O) groups excluding carboxylic acids is 1. The van der Waals surface area contributed by atoms with E-state index in [4.69, 9.17) is 0 Å². The molecule has 0 spiro atoms. The van der Waals surface area contributed by atoms with Gasteiger partial charge in [0.05, 0.1) is 12.4 Å². The van der Waals surface area contributed by atoms with Crippen LogP contribution in [0.2, 0.25) is 0 Å². The first kappa shape index (κ1) is 25.3. The lowest BCUT2D eigenvalue weighted by molar-refractivity contribution is -0.119. The molecule has 0 atom stereocenters. The average molecular weight is 520 g/mol. The van der Waals surface area contributed by atoms with Gasteiger partial charge in [-0.3, -0.25) is 9.52 Å². The number of sulfonamides is 1. The molecule has 0 fully saturated rings. The van der Waals surface area contributed by atoms with E-state index in [2.05, 4.69) is 77.5 Å². The molecule has 0 radical (unpaired) electrons. The van der Waals surface area contributed by atoms with Gasteiger partial charge in [-0.2, -0.15) is 0 Å². The fourth-order valence-corrected chi connectivity index (χ4v) is 8.70. The third-order valence-corrected chi connectivity index (χ3v) is 10.2. The fourth-order valence-electron chi connectivity index (χ4n) is 3.77. The summed E-state index contributed by atoms with van der Waals surface area (Å²) < 4.78 is 24.6. The summed E-state index contributed by atoms with van der Waals surface area (Å²) >= 11 is 0. The van der Waals surface area contributed by atoms with Crippen molar-refractivity contribution in [2.75, 3.05) is 12.4 Å².